The normalized spacial score (nSPS) is 16.5. The van der Waals surface area contributed by atoms with Crippen LogP contribution in [0.2, 0.25) is 0 Å². The minimum atomic E-state index is -1.37. The summed E-state index contributed by atoms with van der Waals surface area (Å²) in [6, 6.07) is 10.6. The van der Waals surface area contributed by atoms with Crippen LogP contribution in [0.4, 0.5) is 10.2 Å². The fraction of sp³-hybridized carbons (Fsp3) is 0.192. The van der Waals surface area contributed by atoms with Gasteiger partial charge in [0, 0.05) is 29.8 Å². The van der Waals surface area contributed by atoms with Gasteiger partial charge in [0.05, 0.1) is 12.1 Å². The van der Waals surface area contributed by atoms with Crippen molar-refractivity contribution in [3.05, 3.63) is 76.5 Å². The number of halogens is 2. The van der Waals surface area contributed by atoms with E-state index in [-0.39, 0.29) is 31.0 Å². The van der Waals surface area contributed by atoms with E-state index in [1.165, 1.54) is 9.58 Å². The lowest BCUT2D eigenvalue weighted by molar-refractivity contribution is -0.137. The fourth-order valence-electron chi connectivity index (χ4n) is 4.27. The number of carbonyl (C=O) groups is 3. The number of likely N-dealkylation sites (tertiary alicyclic amines) is 1. The molecule has 11 nitrogen and oxygen atoms in total. The van der Waals surface area contributed by atoms with E-state index >= 15 is 0 Å². The van der Waals surface area contributed by atoms with Crippen LogP contribution in [-0.2, 0) is 16.1 Å². The van der Waals surface area contributed by atoms with Gasteiger partial charge < -0.3 is 16.0 Å². The molecule has 1 saturated heterocycles. The van der Waals surface area contributed by atoms with E-state index in [9.17, 15) is 18.8 Å². The van der Waals surface area contributed by atoms with Crippen LogP contribution in [0, 0.1) is 11.8 Å². The SMILES string of the molecule is NC(=O)c1nn(CC(=O)N2C[C@H](F)C[C@H]2C(=O)Nc2cccc(Br)n2)c2ccc(C#Cc3ncccn3)cc12. The number of benzene rings is 1. The molecule has 1 fully saturated rings. The van der Waals surface area contributed by atoms with Gasteiger partial charge in [-0.3, -0.25) is 19.1 Å². The first kappa shape index (κ1) is 25.9. The molecular formula is C26H20BrFN8O3. The molecule has 2 atom stereocenters. The predicted octanol–water partition coefficient (Wildman–Crippen LogP) is 2.06. The summed E-state index contributed by atoms with van der Waals surface area (Å²) in [6.45, 7) is -0.579. The summed E-state index contributed by atoms with van der Waals surface area (Å²) < 4.78 is 16.2. The second-order valence-electron chi connectivity index (χ2n) is 8.65. The number of carbonyl (C=O) groups excluding carboxylic acids is 3. The van der Waals surface area contributed by atoms with E-state index in [1.807, 2.05) is 0 Å². The molecule has 0 radical (unpaired) electrons. The van der Waals surface area contributed by atoms with E-state index in [0.717, 1.165) is 0 Å². The zero-order valence-corrected chi connectivity index (χ0v) is 21.8. The number of hydrogen-bond acceptors (Lipinski definition) is 7. The Balaban J connectivity index is 1.39. The zero-order chi connectivity index (χ0) is 27.5. The third-order valence-corrected chi connectivity index (χ3v) is 6.43. The standard InChI is InChI=1S/C26H20BrFN8O3/c27-20-3-1-4-22(32-20)33-26(39)19-12-16(28)13-35(19)23(37)14-36-18-7-5-15(6-8-21-30-9-2-10-31-21)11-17(18)24(34-36)25(29)38/h1-5,7,9-11,16,19H,12-14H2,(H2,29,38)(H,32,33,39)/t16-,19+/m1/s1. The number of nitrogens with one attached hydrogen (secondary N) is 1. The minimum Gasteiger partial charge on any atom is -0.364 e. The van der Waals surface area contributed by atoms with Gasteiger partial charge in [0.2, 0.25) is 17.6 Å². The number of primary amides is 1. The summed E-state index contributed by atoms with van der Waals surface area (Å²) in [5.74, 6) is 4.49. The highest BCUT2D eigenvalue weighted by atomic mass is 79.9. The Kier molecular flexibility index (Phi) is 7.29. The lowest BCUT2D eigenvalue weighted by Gasteiger charge is -2.23. The number of pyridine rings is 1. The van der Waals surface area contributed by atoms with Gasteiger partial charge in [-0.25, -0.2) is 19.3 Å². The van der Waals surface area contributed by atoms with Crippen molar-refractivity contribution in [2.45, 2.75) is 25.2 Å². The van der Waals surface area contributed by atoms with Crippen molar-refractivity contribution in [1.82, 2.24) is 29.6 Å². The average Bonchev–Trinajstić information content (AvgIpc) is 3.49. The number of nitrogens with zero attached hydrogens (tertiary/aromatic N) is 6. The van der Waals surface area contributed by atoms with Crippen LogP contribution in [0.5, 0.6) is 0 Å². The molecule has 39 heavy (non-hydrogen) atoms. The van der Waals surface area contributed by atoms with Gasteiger partial charge in [-0.05, 0) is 58.2 Å². The lowest BCUT2D eigenvalue weighted by Crippen LogP contribution is -2.44. The van der Waals surface area contributed by atoms with Crippen molar-refractivity contribution in [3.63, 3.8) is 0 Å². The molecule has 1 aromatic carbocycles. The van der Waals surface area contributed by atoms with Gasteiger partial charge in [0.25, 0.3) is 5.91 Å². The van der Waals surface area contributed by atoms with Gasteiger partial charge in [0.15, 0.2) is 5.69 Å². The van der Waals surface area contributed by atoms with Crippen LogP contribution in [0.3, 0.4) is 0 Å². The number of hydrogen-bond donors (Lipinski definition) is 2. The van der Waals surface area contributed by atoms with Crippen LogP contribution in [0.1, 0.15) is 28.3 Å². The summed E-state index contributed by atoms with van der Waals surface area (Å²) in [4.78, 5) is 51.7. The predicted molar refractivity (Wildman–Crippen MR) is 142 cm³/mol. The molecule has 0 unspecified atom stereocenters. The maximum absolute atomic E-state index is 14.4. The van der Waals surface area contributed by atoms with Crippen molar-refractivity contribution in [2.75, 3.05) is 11.9 Å². The lowest BCUT2D eigenvalue weighted by atomic mass is 10.1. The van der Waals surface area contributed by atoms with Crippen molar-refractivity contribution in [1.29, 1.82) is 0 Å². The summed E-state index contributed by atoms with van der Waals surface area (Å²) in [5, 5.41) is 7.26. The molecule has 5 rings (SSSR count). The Morgan fingerprint density at radius 3 is 2.67 bits per heavy atom. The van der Waals surface area contributed by atoms with Crippen LogP contribution >= 0.6 is 15.9 Å². The highest BCUT2D eigenvalue weighted by Crippen LogP contribution is 2.25. The first-order chi connectivity index (χ1) is 18.8. The van der Waals surface area contributed by atoms with E-state index in [0.29, 0.717) is 26.9 Å². The molecule has 196 valence electrons. The van der Waals surface area contributed by atoms with Crippen molar-refractivity contribution in [3.8, 4) is 11.8 Å². The summed E-state index contributed by atoms with van der Waals surface area (Å²) in [7, 11) is 0. The third kappa shape index (κ3) is 5.75. The largest absolute Gasteiger partial charge is 0.364 e. The molecule has 0 saturated carbocycles. The Hall–Kier alpha value is -4.70. The van der Waals surface area contributed by atoms with Gasteiger partial charge in [0.1, 0.15) is 29.2 Å². The molecule has 3 amide bonds. The molecular weight excluding hydrogens is 571 g/mol. The number of aromatic nitrogens is 5. The van der Waals surface area contributed by atoms with Crippen LogP contribution in [0.15, 0.2) is 59.5 Å². The first-order valence-corrected chi connectivity index (χ1v) is 12.5. The summed E-state index contributed by atoms with van der Waals surface area (Å²) in [6.07, 6.45) is 1.63. The molecule has 4 heterocycles. The highest BCUT2D eigenvalue weighted by Gasteiger charge is 2.40. The zero-order valence-electron chi connectivity index (χ0n) is 20.2. The second-order valence-corrected chi connectivity index (χ2v) is 9.47. The van der Waals surface area contributed by atoms with E-state index < -0.39 is 29.9 Å². The highest BCUT2D eigenvalue weighted by molar-refractivity contribution is 9.10. The van der Waals surface area contributed by atoms with Gasteiger partial charge in [-0.15, -0.1) is 0 Å². The van der Waals surface area contributed by atoms with Crippen molar-refractivity contribution < 1.29 is 18.8 Å². The van der Waals surface area contributed by atoms with Crippen molar-refractivity contribution in [2.24, 2.45) is 5.73 Å². The number of nitrogens with two attached hydrogens (primary N) is 1. The van der Waals surface area contributed by atoms with Gasteiger partial charge >= 0.3 is 0 Å². The Morgan fingerprint density at radius 1 is 1.13 bits per heavy atom. The second kappa shape index (κ2) is 11.0. The topological polar surface area (TPSA) is 149 Å². The monoisotopic (exact) mass is 590 g/mol. The number of amides is 3. The maximum atomic E-state index is 14.4. The quantitative estimate of drug-likeness (QED) is 0.267. The molecule has 3 aromatic heterocycles. The molecule has 1 aliphatic heterocycles. The van der Waals surface area contributed by atoms with Crippen LogP contribution in [-0.4, -0.2) is 66.1 Å². The molecule has 1 aliphatic rings. The number of rotatable bonds is 5. The number of alkyl halides is 1. The van der Waals surface area contributed by atoms with E-state index in [4.69, 9.17) is 5.73 Å². The fourth-order valence-corrected chi connectivity index (χ4v) is 4.61. The minimum absolute atomic E-state index is 0.0442. The van der Waals surface area contributed by atoms with Crippen LogP contribution in [0.25, 0.3) is 10.9 Å². The first-order valence-electron chi connectivity index (χ1n) is 11.7. The van der Waals surface area contributed by atoms with Gasteiger partial charge in [-0.1, -0.05) is 12.0 Å². The smallest absolute Gasteiger partial charge is 0.269 e. The van der Waals surface area contributed by atoms with Gasteiger partial charge in [-0.2, -0.15) is 5.10 Å². The Labute approximate surface area is 229 Å². The van der Waals surface area contributed by atoms with E-state index in [1.54, 1.807) is 54.9 Å². The molecule has 13 heteroatoms. The summed E-state index contributed by atoms with van der Waals surface area (Å²) in [5.41, 5.74) is 6.51. The summed E-state index contributed by atoms with van der Waals surface area (Å²) >= 11 is 3.23. The average molecular weight is 591 g/mol. The molecule has 3 N–H and O–H groups in total. The third-order valence-electron chi connectivity index (χ3n) is 5.99. The molecule has 0 aliphatic carbocycles. The van der Waals surface area contributed by atoms with Crippen LogP contribution < -0.4 is 11.1 Å². The number of fused-ring (bicyclic) bond motifs is 1. The number of anilines is 1. The molecule has 0 bridgehead atoms. The maximum Gasteiger partial charge on any atom is 0.269 e. The van der Waals surface area contributed by atoms with E-state index in [2.05, 4.69) is 53.1 Å². The van der Waals surface area contributed by atoms with Crippen molar-refractivity contribution >= 4 is 50.4 Å². The Bertz CT molecular complexity index is 1650. The molecule has 4 aromatic rings. The molecule has 0 spiro atoms. The Morgan fingerprint density at radius 2 is 1.92 bits per heavy atom.